The third-order valence-electron chi connectivity index (χ3n) is 3.28. The van der Waals surface area contributed by atoms with Crippen LogP contribution in [0, 0.1) is 0 Å². The standard InChI is InChI=1S/C13H14N2O2/c1-9-7-12(16)14-13-15(9)11(8-17-13)10-5-3-2-4-6-10/h2-6,9,11H,7-8H2,1H3/t9-,11+/m0/s1. The number of carbonyl (C=O) groups is 1. The normalized spacial score (nSPS) is 27.5. The quantitative estimate of drug-likeness (QED) is 0.738. The van der Waals surface area contributed by atoms with Gasteiger partial charge in [-0.2, -0.15) is 4.99 Å². The van der Waals surface area contributed by atoms with Crippen LogP contribution >= 0.6 is 0 Å². The predicted molar refractivity (Wildman–Crippen MR) is 63.5 cm³/mol. The molecule has 0 spiro atoms. The molecule has 0 saturated carbocycles. The van der Waals surface area contributed by atoms with E-state index in [0.717, 1.165) is 0 Å². The number of carbonyl (C=O) groups excluding carboxylic acids is 1. The molecule has 0 bridgehead atoms. The molecule has 88 valence electrons. The lowest BCUT2D eigenvalue weighted by atomic mass is 10.0. The molecule has 4 heteroatoms. The molecule has 1 amide bonds. The van der Waals surface area contributed by atoms with Gasteiger partial charge in [0.15, 0.2) is 0 Å². The largest absolute Gasteiger partial charge is 0.462 e. The zero-order valence-electron chi connectivity index (χ0n) is 9.67. The molecule has 1 aromatic carbocycles. The minimum absolute atomic E-state index is 0.0857. The van der Waals surface area contributed by atoms with Crippen LogP contribution in [0.1, 0.15) is 24.9 Å². The van der Waals surface area contributed by atoms with Crippen molar-refractivity contribution in [2.24, 2.45) is 4.99 Å². The second-order valence-corrected chi connectivity index (χ2v) is 4.49. The molecule has 2 aliphatic heterocycles. The van der Waals surface area contributed by atoms with Crippen molar-refractivity contribution in [3.8, 4) is 0 Å². The smallest absolute Gasteiger partial charge is 0.296 e. The van der Waals surface area contributed by atoms with Crippen LogP contribution in [-0.4, -0.2) is 29.5 Å². The summed E-state index contributed by atoms with van der Waals surface area (Å²) in [5.74, 6) is -0.0857. The van der Waals surface area contributed by atoms with E-state index >= 15 is 0 Å². The van der Waals surface area contributed by atoms with Gasteiger partial charge in [0.2, 0.25) is 0 Å². The van der Waals surface area contributed by atoms with E-state index in [9.17, 15) is 4.79 Å². The van der Waals surface area contributed by atoms with Gasteiger partial charge in [0.05, 0.1) is 6.04 Å². The topological polar surface area (TPSA) is 41.9 Å². The summed E-state index contributed by atoms with van der Waals surface area (Å²) < 4.78 is 5.52. The maximum absolute atomic E-state index is 11.4. The molecule has 2 aliphatic rings. The number of rotatable bonds is 1. The van der Waals surface area contributed by atoms with Crippen molar-refractivity contribution < 1.29 is 9.53 Å². The molecule has 2 heterocycles. The summed E-state index contributed by atoms with van der Waals surface area (Å²) in [5, 5.41) is 0. The number of fused-ring (bicyclic) bond motifs is 1. The molecule has 1 saturated heterocycles. The highest BCUT2D eigenvalue weighted by atomic mass is 16.5. The highest BCUT2D eigenvalue weighted by Crippen LogP contribution is 2.32. The minimum Gasteiger partial charge on any atom is -0.462 e. The summed E-state index contributed by atoms with van der Waals surface area (Å²) >= 11 is 0. The third kappa shape index (κ3) is 1.69. The number of hydrogen-bond donors (Lipinski definition) is 0. The number of hydrogen-bond acceptors (Lipinski definition) is 3. The molecule has 2 atom stereocenters. The lowest BCUT2D eigenvalue weighted by molar-refractivity contribution is -0.119. The summed E-state index contributed by atoms with van der Waals surface area (Å²) in [6.07, 6.45) is 0.468. The lowest BCUT2D eigenvalue weighted by Gasteiger charge is -2.31. The van der Waals surface area contributed by atoms with Crippen LogP contribution in [0.5, 0.6) is 0 Å². The molecule has 0 aromatic heterocycles. The van der Waals surface area contributed by atoms with Crippen molar-refractivity contribution in [1.82, 2.24) is 4.90 Å². The highest BCUT2D eigenvalue weighted by molar-refractivity contribution is 5.94. The molecule has 4 nitrogen and oxygen atoms in total. The van der Waals surface area contributed by atoms with E-state index in [-0.39, 0.29) is 18.0 Å². The Morgan fingerprint density at radius 3 is 2.88 bits per heavy atom. The molecule has 3 rings (SSSR count). The molecular formula is C13H14N2O2. The van der Waals surface area contributed by atoms with E-state index in [1.54, 1.807) is 0 Å². The number of ether oxygens (including phenoxy) is 1. The zero-order chi connectivity index (χ0) is 11.8. The Balaban J connectivity index is 1.95. The summed E-state index contributed by atoms with van der Waals surface area (Å²) in [4.78, 5) is 17.4. The molecular weight excluding hydrogens is 216 g/mol. The van der Waals surface area contributed by atoms with Gasteiger partial charge in [-0.05, 0) is 12.5 Å². The van der Waals surface area contributed by atoms with Crippen molar-refractivity contribution in [2.45, 2.75) is 25.4 Å². The van der Waals surface area contributed by atoms with E-state index in [4.69, 9.17) is 4.74 Å². The first-order chi connectivity index (χ1) is 8.25. The maximum atomic E-state index is 11.4. The molecule has 0 aliphatic carbocycles. The van der Waals surface area contributed by atoms with Gasteiger partial charge in [-0.3, -0.25) is 4.79 Å². The molecule has 1 fully saturated rings. The van der Waals surface area contributed by atoms with Gasteiger partial charge in [0.25, 0.3) is 11.9 Å². The van der Waals surface area contributed by atoms with Crippen LogP contribution in [-0.2, 0) is 9.53 Å². The van der Waals surface area contributed by atoms with Crippen LogP contribution in [0.4, 0.5) is 0 Å². The van der Waals surface area contributed by atoms with Crippen molar-refractivity contribution >= 4 is 11.9 Å². The molecule has 17 heavy (non-hydrogen) atoms. The zero-order valence-corrected chi connectivity index (χ0v) is 9.67. The minimum atomic E-state index is -0.0857. The Hall–Kier alpha value is -1.84. The number of nitrogens with zero attached hydrogens (tertiary/aromatic N) is 2. The van der Waals surface area contributed by atoms with Gasteiger partial charge in [0, 0.05) is 12.5 Å². The molecule has 0 unspecified atom stereocenters. The fourth-order valence-corrected chi connectivity index (χ4v) is 2.46. The van der Waals surface area contributed by atoms with E-state index in [2.05, 4.69) is 22.0 Å². The van der Waals surface area contributed by atoms with E-state index in [1.165, 1.54) is 5.56 Å². The Morgan fingerprint density at radius 1 is 1.35 bits per heavy atom. The maximum Gasteiger partial charge on any atom is 0.296 e. The molecule has 0 N–H and O–H groups in total. The average Bonchev–Trinajstić information content (AvgIpc) is 2.74. The van der Waals surface area contributed by atoms with Crippen LogP contribution in [0.3, 0.4) is 0 Å². The summed E-state index contributed by atoms with van der Waals surface area (Å²) in [6.45, 7) is 2.61. The number of benzene rings is 1. The lowest BCUT2D eigenvalue weighted by Crippen LogP contribution is -2.41. The SMILES string of the molecule is C[C@H]1CC(=O)N=C2OC[C@H](c3ccccc3)N21. The fourth-order valence-electron chi connectivity index (χ4n) is 2.46. The van der Waals surface area contributed by atoms with Gasteiger partial charge in [-0.1, -0.05) is 30.3 Å². The van der Waals surface area contributed by atoms with Crippen molar-refractivity contribution in [3.63, 3.8) is 0 Å². The highest BCUT2D eigenvalue weighted by Gasteiger charge is 2.39. The van der Waals surface area contributed by atoms with Crippen molar-refractivity contribution in [1.29, 1.82) is 0 Å². The van der Waals surface area contributed by atoms with E-state index in [0.29, 0.717) is 19.0 Å². The van der Waals surface area contributed by atoms with Crippen LogP contribution in [0.15, 0.2) is 35.3 Å². The predicted octanol–water partition coefficient (Wildman–Crippen LogP) is 1.73. The first-order valence-electron chi connectivity index (χ1n) is 5.83. The van der Waals surface area contributed by atoms with Crippen molar-refractivity contribution in [2.75, 3.05) is 6.61 Å². The van der Waals surface area contributed by atoms with Gasteiger partial charge in [-0.15, -0.1) is 0 Å². The van der Waals surface area contributed by atoms with E-state index < -0.39 is 0 Å². The number of amides is 1. The van der Waals surface area contributed by atoms with Crippen LogP contribution in [0.25, 0.3) is 0 Å². The van der Waals surface area contributed by atoms with Crippen LogP contribution < -0.4 is 0 Å². The summed E-state index contributed by atoms with van der Waals surface area (Å²) in [5.41, 5.74) is 1.21. The Bertz CT molecular complexity index is 470. The number of amidine groups is 1. The van der Waals surface area contributed by atoms with Crippen LogP contribution in [0.2, 0.25) is 0 Å². The molecule has 0 radical (unpaired) electrons. The van der Waals surface area contributed by atoms with Gasteiger partial charge in [0.1, 0.15) is 6.61 Å². The first kappa shape index (κ1) is 10.3. The second kappa shape index (κ2) is 3.87. The van der Waals surface area contributed by atoms with Gasteiger partial charge < -0.3 is 9.64 Å². The Labute approximate surface area is 99.9 Å². The summed E-state index contributed by atoms with van der Waals surface area (Å²) in [7, 11) is 0. The number of aliphatic imine (C=N–C) groups is 1. The average molecular weight is 230 g/mol. The van der Waals surface area contributed by atoms with Gasteiger partial charge >= 0.3 is 0 Å². The second-order valence-electron chi connectivity index (χ2n) is 4.49. The van der Waals surface area contributed by atoms with Crippen molar-refractivity contribution in [3.05, 3.63) is 35.9 Å². The van der Waals surface area contributed by atoms with Gasteiger partial charge in [-0.25, -0.2) is 0 Å². The fraction of sp³-hybridized carbons (Fsp3) is 0.385. The third-order valence-corrected chi connectivity index (χ3v) is 3.28. The Morgan fingerprint density at radius 2 is 2.12 bits per heavy atom. The Kier molecular flexibility index (Phi) is 2.35. The first-order valence-corrected chi connectivity index (χ1v) is 5.83. The summed E-state index contributed by atoms with van der Waals surface area (Å²) in [6, 6.07) is 11.0. The monoisotopic (exact) mass is 230 g/mol. The van der Waals surface area contributed by atoms with E-state index in [1.807, 2.05) is 25.1 Å². The molecule has 1 aromatic rings.